The van der Waals surface area contributed by atoms with Gasteiger partial charge in [0.1, 0.15) is 41.5 Å². The summed E-state index contributed by atoms with van der Waals surface area (Å²) in [6.45, 7) is -0.885. The minimum atomic E-state index is -2.77. The summed E-state index contributed by atoms with van der Waals surface area (Å²) in [5.74, 6) is -4.26. The van der Waals surface area contributed by atoms with Crippen LogP contribution in [0.15, 0.2) is 4.99 Å². The number of guanidine groups is 1. The molecule has 3 saturated heterocycles. The first-order valence-electron chi connectivity index (χ1n) is 6.75. The van der Waals surface area contributed by atoms with Crippen LogP contribution in [0, 0.1) is 5.92 Å². The molecule has 4 aliphatic heterocycles. The van der Waals surface area contributed by atoms with Gasteiger partial charge in [-0.05, 0) is 0 Å². The molecule has 4 heterocycles. The number of aliphatic imine (C=N–C) groups is 1. The van der Waals surface area contributed by atoms with Crippen molar-refractivity contribution in [1.82, 2.24) is 5.32 Å². The molecule has 0 aromatic carbocycles. The Kier molecular flexibility index (Phi) is 2.57. The lowest BCUT2D eigenvalue weighted by molar-refractivity contribution is -0.709. The van der Waals surface area contributed by atoms with Crippen molar-refractivity contribution in [1.29, 1.82) is 0 Å². The smallest absolute Gasteiger partial charge is 0.191 e. The number of aliphatic hydroxyl groups excluding tert-OH is 4. The van der Waals surface area contributed by atoms with Crippen LogP contribution in [0.5, 0.6) is 0 Å². The van der Waals surface area contributed by atoms with E-state index in [9.17, 15) is 30.6 Å². The zero-order valence-electron chi connectivity index (χ0n) is 11.2. The third-order valence-corrected chi connectivity index (χ3v) is 5.20. The Morgan fingerprint density at radius 2 is 1.91 bits per heavy atom. The van der Waals surface area contributed by atoms with Crippen LogP contribution >= 0.6 is 0 Å². The predicted octanol–water partition coefficient (Wildman–Crippen LogP) is -6.15. The Bertz CT molecular complexity index is 561. The van der Waals surface area contributed by atoms with Crippen molar-refractivity contribution >= 4 is 5.96 Å². The van der Waals surface area contributed by atoms with Crippen LogP contribution in [0.25, 0.3) is 0 Å². The maximum absolute atomic E-state index is 12.5. The van der Waals surface area contributed by atoms with E-state index in [1.165, 1.54) is 0 Å². The second-order valence-corrected chi connectivity index (χ2v) is 6.19. The zero-order chi connectivity index (χ0) is 16.1. The highest BCUT2D eigenvalue weighted by Gasteiger charge is 2.80. The van der Waals surface area contributed by atoms with E-state index in [1.54, 1.807) is 0 Å². The van der Waals surface area contributed by atoms with Crippen molar-refractivity contribution in [3.8, 4) is 0 Å². The summed E-state index contributed by atoms with van der Waals surface area (Å²) in [6, 6.07) is 0. The van der Waals surface area contributed by atoms with Crippen LogP contribution in [0.4, 0.5) is 0 Å². The zero-order valence-corrected chi connectivity index (χ0v) is 11.2. The van der Waals surface area contributed by atoms with E-state index >= 15 is 0 Å². The maximum Gasteiger partial charge on any atom is 0.191 e. The quantitative estimate of drug-likeness (QED) is 0.244. The fourth-order valence-corrected chi connectivity index (χ4v) is 4.22. The van der Waals surface area contributed by atoms with Crippen LogP contribution < -0.4 is 16.2 Å². The summed E-state index contributed by atoms with van der Waals surface area (Å²) in [7, 11) is 0. The summed E-state index contributed by atoms with van der Waals surface area (Å²) in [6.07, 6.45) is -8.08. The Hall–Kier alpha value is -1.05. The molecule has 0 aromatic rings. The minimum Gasteiger partial charge on any atom is -0.805 e. The van der Waals surface area contributed by atoms with E-state index < -0.39 is 60.3 Å². The monoisotopic (exact) mass is 318 g/mol. The number of nitrogens with two attached hydrogens (primary N) is 1. The van der Waals surface area contributed by atoms with Gasteiger partial charge < -0.3 is 51.2 Å². The first-order chi connectivity index (χ1) is 10.2. The van der Waals surface area contributed by atoms with Gasteiger partial charge in [0, 0.05) is 0 Å². The molecule has 1 saturated carbocycles. The molecule has 1 spiro atoms. The van der Waals surface area contributed by atoms with Crippen molar-refractivity contribution in [2.24, 2.45) is 16.6 Å². The molecule has 7 unspecified atom stereocenters. The van der Waals surface area contributed by atoms with Crippen LogP contribution in [0.2, 0.25) is 0 Å². The normalized spacial score (nSPS) is 62.4. The van der Waals surface area contributed by atoms with Gasteiger partial charge in [-0.2, -0.15) is 0 Å². The highest BCUT2D eigenvalue weighted by Crippen LogP contribution is 2.57. The fourth-order valence-electron chi connectivity index (χ4n) is 4.22. The summed E-state index contributed by atoms with van der Waals surface area (Å²) in [4.78, 5) is 3.68. The van der Waals surface area contributed by atoms with Gasteiger partial charge in [0.2, 0.25) is 0 Å². The molecule has 5 aliphatic rings. The van der Waals surface area contributed by atoms with Crippen molar-refractivity contribution in [2.45, 2.75) is 47.8 Å². The van der Waals surface area contributed by atoms with E-state index in [4.69, 9.17) is 15.2 Å². The van der Waals surface area contributed by atoms with Crippen LogP contribution in [-0.4, -0.2) is 85.9 Å². The molecule has 5 rings (SSSR count). The average molecular weight is 318 g/mol. The standard InChI is InChI=1S/C11H16N3O8/c12-8-13-6(17)2-4-9(19,1-15)5-3(16)10(2,14-8)7(18)11(20,21-4)22-5/h2-7,15-19H,1H2,(H3,12,13,14)/q-1/t2?,3-,4?,5?,6?,7+,9?,10?,11?/m1/s1. The lowest BCUT2D eigenvalue weighted by Gasteiger charge is -2.75. The van der Waals surface area contributed by atoms with Crippen LogP contribution in [0.1, 0.15) is 0 Å². The molecule has 0 aromatic heterocycles. The summed E-state index contributed by atoms with van der Waals surface area (Å²) in [5.41, 5.74) is 1.61. The highest BCUT2D eigenvalue weighted by atomic mass is 16.9. The van der Waals surface area contributed by atoms with Gasteiger partial charge in [-0.1, -0.05) is 0 Å². The molecule has 4 bridgehead atoms. The molecule has 1 aliphatic carbocycles. The second-order valence-electron chi connectivity index (χ2n) is 6.19. The summed E-state index contributed by atoms with van der Waals surface area (Å²) >= 11 is 0. The Balaban J connectivity index is 1.95. The van der Waals surface area contributed by atoms with Crippen LogP contribution in [-0.2, 0) is 9.47 Å². The Morgan fingerprint density at radius 1 is 1.27 bits per heavy atom. The number of hydrogen-bond acceptors (Lipinski definition) is 11. The first kappa shape index (κ1) is 14.5. The molecule has 11 nitrogen and oxygen atoms in total. The molecule has 22 heavy (non-hydrogen) atoms. The molecule has 8 N–H and O–H groups in total. The van der Waals surface area contributed by atoms with Gasteiger partial charge in [0.25, 0.3) is 0 Å². The fraction of sp³-hybridized carbons (Fsp3) is 0.909. The first-order valence-corrected chi connectivity index (χ1v) is 6.75. The molecule has 11 heteroatoms. The van der Waals surface area contributed by atoms with E-state index in [2.05, 4.69) is 10.3 Å². The maximum atomic E-state index is 12.5. The van der Waals surface area contributed by atoms with Gasteiger partial charge in [-0.25, -0.2) is 4.99 Å². The van der Waals surface area contributed by atoms with Gasteiger partial charge >= 0.3 is 0 Å². The molecule has 0 amide bonds. The van der Waals surface area contributed by atoms with Gasteiger partial charge in [0.15, 0.2) is 12.2 Å². The third kappa shape index (κ3) is 1.28. The highest BCUT2D eigenvalue weighted by molar-refractivity contribution is 5.80. The van der Waals surface area contributed by atoms with Crippen LogP contribution in [0.3, 0.4) is 0 Å². The third-order valence-electron chi connectivity index (χ3n) is 5.20. The van der Waals surface area contributed by atoms with Crippen molar-refractivity contribution in [3.05, 3.63) is 0 Å². The van der Waals surface area contributed by atoms with Gasteiger partial charge in [-0.15, -0.1) is 0 Å². The molecule has 9 atom stereocenters. The number of hydrogen-bond donors (Lipinski definition) is 7. The van der Waals surface area contributed by atoms with Crippen molar-refractivity contribution < 1.29 is 40.1 Å². The summed E-state index contributed by atoms with van der Waals surface area (Å²) < 4.78 is 10.1. The van der Waals surface area contributed by atoms with Gasteiger partial charge in [0.05, 0.1) is 12.5 Å². The van der Waals surface area contributed by atoms with E-state index in [0.717, 1.165) is 0 Å². The molecule has 124 valence electrons. The number of nitrogens with zero attached hydrogens (tertiary/aromatic N) is 1. The van der Waals surface area contributed by atoms with E-state index in [-0.39, 0.29) is 5.96 Å². The molecular formula is C11H16N3O8-. The topological polar surface area (TPSA) is 193 Å². The molecular weight excluding hydrogens is 302 g/mol. The van der Waals surface area contributed by atoms with Crippen molar-refractivity contribution in [2.75, 3.05) is 6.61 Å². The SMILES string of the molecule is NC1=NC(O)C2C3OC4([O-])OC([C@@H](O)C2(N1)[C@@H]4O)C3(O)CO. The number of nitrogens with one attached hydrogen (secondary N) is 1. The van der Waals surface area contributed by atoms with E-state index in [0.29, 0.717) is 0 Å². The molecule has 4 fully saturated rings. The lowest BCUT2D eigenvalue weighted by atomic mass is 9.55. The lowest BCUT2D eigenvalue weighted by Crippen LogP contribution is -2.97. The largest absolute Gasteiger partial charge is 0.805 e. The number of rotatable bonds is 1. The summed E-state index contributed by atoms with van der Waals surface area (Å²) in [5, 5.41) is 66.3. The predicted molar refractivity (Wildman–Crippen MR) is 63.5 cm³/mol. The average Bonchev–Trinajstić information content (AvgIpc) is 2.45. The second kappa shape index (κ2) is 3.88. The van der Waals surface area contributed by atoms with Crippen molar-refractivity contribution in [3.63, 3.8) is 0 Å². The van der Waals surface area contributed by atoms with E-state index in [1.807, 2.05) is 0 Å². The Morgan fingerprint density at radius 3 is 2.55 bits per heavy atom. The molecule has 0 radical (unpaired) electrons. The minimum absolute atomic E-state index is 0.278. The number of ether oxygens (including phenoxy) is 2. The number of aliphatic hydroxyl groups is 5. The van der Waals surface area contributed by atoms with Gasteiger partial charge in [-0.3, -0.25) is 0 Å². The Labute approximate surface area is 123 Å².